The van der Waals surface area contributed by atoms with Gasteiger partial charge in [-0.05, 0) is 37.9 Å². The summed E-state index contributed by atoms with van der Waals surface area (Å²) in [4.78, 5) is 11.6. The smallest absolute Gasteiger partial charge is 0.224 e. The molecule has 1 aliphatic rings. The molecule has 1 heterocycles. The first-order valence-corrected chi connectivity index (χ1v) is 6.13. The minimum atomic E-state index is -0.953. The third-order valence-corrected chi connectivity index (χ3v) is 3.09. The van der Waals surface area contributed by atoms with Crippen LogP contribution in [-0.4, -0.2) is 18.5 Å². The van der Waals surface area contributed by atoms with E-state index in [9.17, 15) is 13.6 Å². The Labute approximate surface area is 117 Å². The summed E-state index contributed by atoms with van der Waals surface area (Å²) >= 11 is 0. The average molecular weight is 291 g/mol. The molecule has 0 spiro atoms. The van der Waals surface area contributed by atoms with Crippen molar-refractivity contribution in [3.63, 3.8) is 0 Å². The molecule has 1 aromatic carbocycles. The molecular weight excluding hydrogens is 274 g/mol. The number of rotatable bonds is 4. The van der Waals surface area contributed by atoms with Crippen molar-refractivity contribution in [2.75, 3.05) is 11.9 Å². The van der Waals surface area contributed by atoms with E-state index in [1.54, 1.807) is 0 Å². The van der Waals surface area contributed by atoms with Gasteiger partial charge in [-0.15, -0.1) is 12.4 Å². The van der Waals surface area contributed by atoms with Crippen molar-refractivity contribution in [2.45, 2.75) is 31.7 Å². The third kappa shape index (κ3) is 4.76. The highest BCUT2D eigenvalue weighted by molar-refractivity contribution is 5.90. The van der Waals surface area contributed by atoms with Gasteiger partial charge in [0.25, 0.3) is 0 Å². The van der Waals surface area contributed by atoms with E-state index in [1.165, 1.54) is 6.07 Å². The topological polar surface area (TPSA) is 41.1 Å². The number of hydrogen-bond acceptors (Lipinski definition) is 2. The molecule has 0 aromatic heterocycles. The summed E-state index contributed by atoms with van der Waals surface area (Å²) in [6.45, 7) is 1.01. The number of carbonyl (C=O) groups is 1. The molecular formula is C13H17ClF2N2O. The maximum Gasteiger partial charge on any atom is 0.224 e. The van der Waals surface area contributed by atoms with E-state index in [0.29, 0.717) is 18.2 Å². The average Bonchev–Trinajstić information content (AvgIpc) is 2.84. The van der Waals surface area contributed by atoms with Crippen LogP contribution >= 0.6 is 12.4 Å². The first-order chi connectivity index (χ1) is 8.65. The quantitative estimate of drug-likeness (QED) is 0.895. The van der Waals surface area contributed by atoms with Gasteiger partial charge in [-0.1, -0.05) is 0 Å². The Balaban J connectivity index is 0.00000180. The van der Waals surface area contributed by atoms with Crippen molar-refractivity contribution < 1.29 is 13.6 Å². The van der Waals surface area contributed by atoms with Crippen LogP contribution in [0.3, 0.4) is 0 Å². The normalized spacial score (nSPS) is 17.9. The van der Waals surface area contributed by atoms with Gasteiger partial charge in [-0.2, -0.15) is 0 Å². The predicted molar refractivity (Wildman–Crippen MR) is 72.5 cm³/mol. The third-order valence-electron chi connectivity index (χ3n) is 3.09. The molecule has 1 aromatic rings. The van der Waals surface area contributed by atoms with Crippen molar-refractivity contribution in [1.82, 2.24) is 5.32 Å². The highest BCUT2D eigenvalue weighted by atomic mass is 35.5. The van der Waals surface area contributed by atoms with E-state index < -0.39 is 11.6 Å². The lowest BCUT2D eigenvalue weighted by Gasteiger charge is -2.10. The maximum atomic E-state index is 12.9. The molecule has 106 valence electrons. The molecule has 1 unspecified atom stereocenters. The van der Waals surface area contributed by atoms with E-state index >= 15 is 0 Å². The molecule has 0 aliphatic carbocycles. The molecule has 1 amide bonds. The Morgan fingerprint density at radius 2 is 2.16 bits per heavy atom. The van der Waals surface area contributed by atoms with Gasteiger partial charge in [0.15, 0.2) is 11.6 Å². The number of hydrogen-bond donors (Lipinski definition) is 2. The van der Waals surface area contributed by atoms with Gasteiger partial charge >= 0.3 is 0 Å². The molecule has 1 atom stereocenters. The summed E-state index contributed by atoms with van der Waals surface area (Å²) < 4.78 is 25.6. The lowest BCUT2D eigenvalue weighted by Crippen LogP contribution is -2.23. The van der Waals surface area contributed by atoms with Gasteiger partial charge in [-0.25, -0.2) is 8.78 Å². The van der Waals surface area contributed by atoms with Gasteiger partial charge in [0.2, 0.25) is 5.91 Å². The Morgan fingerprint density at radius 3 is 2.79 bits per heavy atom. The maximum absolute atomic E-state index is 12.9. The van der Waals surface area contributed by atoms with Crippen LogP contribution in [0.15, 0.2) is 18.2 Å². The summed E-state index contributed by atoms with van der Waals surface area (Å²) in [6.07, 6.45) is 3.40. The second-order valence-electron chi connectivity index (χ2n) is 4.51. The van der Waals surface area contributed by atoms with Crippen LogP contribution in [0.5, 0.6) is 0 Å². The number of benzene rings is 1. The Morgan fingerprint density at radius 1 is 1.37 bits per heavy atom. The van der Waals surface area contributed by atoms with Crippen LogP contribution in [-0.2, 0) is 4.79 Å². The Kier molecular flexibility index (Phi) is 6.18. The molecule has 0 saturated carbocycles. The second-order valence-corrected chi connectivity index (χ2v) is 4.51. The van der Waals surface area contributed by atoms with E-state index in [1.807, 2.05) is 0 Å². The van der Waals surface area contributed by atoms with Crippen LogP contribution in [0.1, 0.15) is 25.7 Å². The van der Waals surface area contributed by atoms with Gasteiger partial charge in [0, 0.05) is 24.2 Å². The summed E-state index contributed by atoms with van der Waals surface area (Å²) in [6, 6.07) is 3.75. The number of carbonyl (C=O) groups excluding carboxylic acids is 1. The molecule has 2 N–H and O–H groups in total. The zero-order chi connectivity index (χ0) is 13.0. The van der Waals surface area contributed by atoms with Crippen LogP contribution in [0.2, 0.25) is 0 Å². The minimum Gasteiger partial charge on any atom is -0.326 e. The largest absolute Gasteiger partial charge is 0.326 e. The van der Waals surface area contributed by atoms with E-state index in [4.69, 9.17) is 0 Å². The molecule has 0 bridgehead atoms. The highest BCUT2D eigenvalue weighted by Crippen LogP contribution is 2.15. The first-order valence-electron chi connectivity index (χ1n) is 6.13. The van der Waals surface area contributed by atoms with Crippen molar-refractivity contribution in [3.05, 3.63) is 29.8 Å². The fourth-order valence-electron chi connectivity index (χ4n) is 2.11. The van der Waals surface area contributed by atoms with Crippen molar-refractivity contribution in [2.24, 2.45) is 0 Å². The molecule has 1 saturated heterocycles. The Bertz CT molecular complexity index is 437. The van der Waals surface area contributed by atoms with Gasteiger partial charge in [-0.3, -0.25) is 4.79 Å². The van der Waals surface area contributed by atoms with Gasteiger partial charge in [0.1, 0.15) is 0 Å². The van der Waals surface area contributed by atoms with Crippen molar-refractivity contribution >= 4 is 24.0 Å². The molecule has 1 fully saturated rings. The summed E-state index contributed by atoms with van der Waals surface area (Å²) in [7, 11) is 0. The predicted octanol–water partition coefficient (Wildman–Crippen LogP) is 2.86. The monoisotopic (exact) mass is 290 g/mol. The standard InChI is InChI=1S/C13H16F2N2O.ClH/c14-11-5-3-10(8-12(11)15)17-13(18)6-4-9-2-1-7-16-9;/h3,5,8-9,16H,1-2,4,6-7H2,(H,17,18);1H. The second kappa shape index (κ2) is 7.40. The lowest BCUT2D eigenvalue weighted by atomic mass is 10.1. The zero-order valence-electron chi connectivity index (χ0n) is 10.4. The molecule has 2 rings (SSSR count). The van der Waals surface area contributed by atoms with Crippen molar-refractivity contribution in [3.8, 4) is 0 Å². The van der Waals surface area contributed by atoms with Crippen LogP contribution in [0.4, 0.5) is 14.5 Å². The lowest BCUT2D eigenvalue weighted by molar-refractivity contribution is -0.116. The number of halogens is 3. The van der Waals surface area contributed by atoms with E-state index in [2.05, 4.69) is 10.6 Å². The van der Waals surface area contributed by atoms with E-state index in [0.717, 1.165) is 37.9 Å². The zero-order valence-corrected chi connectivity index (χ0v) is 11.2. The molecule has 3 nitrogen and oxygen atoms in total. The van der Waals surface area contributed by atoms with Gasteiger partial charge < -0.3 is 10.6 Å². The van der Waals surface area contributed by atoms with Crippen LogP contribution in [0.25, 0.3) is 0 Å². The fraction of sp³-hybridized carbons (Fsp3) is 0.462. The van der Waals surface area contributed by atoms with Gasteiger partial charge in [0.05, 0.1) is 0 Å². The molecule has 0 radical (unpaired) electrons. The number of amides is 1. The van der Waals surface area contributed by atoms with E-state index in [-0.39, 0.29) is 18.3 Å². The van der Waals surface area contributed by atoms with Crippen molar-refractivity contribution in [1.29, 1.82) is 0 Å². The summed E-state index contributed by atoms with van der Waals surface area (Å²) in [5.74, 6) is -2.04. The first kappa shape index (κ1) is 15.9. The fourth-order valence-corrected chi connectivity index (χ4v) is 2.11. The number of nitrogens with one attached hydrogen (secondary N) is 2. The highest BCUT2D eigenvalue weighted by Gasteiger charge is 2.15. The molecule has 1 aliphatic heterocycles. The molecule has 19 heavy (non-hydrogen) atoms. The van der Waals surface area contributed by atoms with Crippen LogP contribution in [0, 0.1) is 11.6 Å². The summed E-state index contributed by atoms with van der Waals surface area (Å²) in [5, 5.41) is 5.86. The minimum absolute atomic E-state index is 0. The summed E-state index contributed by atoms with van der Waals surface area (Å²) in [5.41, 5.74) is 0.290. The SMILES string of the molecule is Cl.O=C(CCC1CCCN1)Nc1ccc(F)c(F)c1. The Hall–Kier alpha value is -1.20. The number of anilines is 1. The van der Waals surface area contributed by atoms with Crippen LogP contribution < -0.4 is 10.6 Å². The molecule has 6 heteroatoms.